The van der Waals surface area contributed by atoms with Crippen LogP contribution < -0.4 is 10.6 Å². The lowest BCUT2D eigenvalue weighted by Gasteiger charge is -2.16. The predicted molar refractivity (Wildman–Crippen MR) is 88.6 cm³/mol. The van der Waals surface area contributed by atoms with Crippen molar-refractivity contribution in [1.82, 2.24) is 25.4 Å². The van der Waals surface area contributed by atoms with E-state index < -0.39 is 17.8 Å². The first-order valence-electron chi connectivity index (χ1n) is 7.87. The van der Waals surface area contributed by atoms with Crippen LogP contribution in [0.3, 0.4) is 0 Å². The van der Waals surface area contributed by atoms with Crippen LogP contribution in [-0.4, -0.2) is 33.8 Å². The van der Waals surface area contributed by atoms with Crippen LogP contribution >= 0.6 is 11.6 Å². The van der Waals surface area contributed by atoms with Crippen LogP contribution in [0.4, 0.5) is 4.39 Å². The molecule has 1 amide bonds. The number of hydrogen-bond donors (Lipinski definition) is 2. The Labute approximate surface area is 144 Å². The Morgan fingerprint density at radius 2 is 2.21 bits per heavy atom. The number of hydrogen-bond acceptors (Lipinski definition) is 4. The van der Waals surface area contributed by atoms with Crippen LogP contribution in [0.2, 0.25) is 5.02 Å². The molecule has 0 spiro atoms. The van der Waals surface area contributed by atoms with Crippen molar-refractivity contribution in [3.8, 4) is 0 Å². The van der Waals surface area contributed by atoms with E-state index in [1.165, 1.54) is 6.07 Å². The Balaban J connectivity index is 1.83. The summed E-state index contributed by atoms with van der Waals surface area (Å²) < 4.78 is 16.0. The molecule has 0 saturated carbocycles. The highest BCUT2D eigenvalue weighted by molar-refractivity contribution is 6.34. The molecule has 0 fully saturated rings. The van der Waals surface area contributed by atoms with Crippen molar-refractivity contribution >= 4 is 17.5 Å². The monoisotopic (exact) mass is 351 g/mol. The molecule has 3 rings (SSSR count). The fourth-order valence-electron chi connectivity index (χ4n) is 2.81. The van der Waals surface area contributed by atoms with Gasteiger partial charge in [-0.1, -0.05) is 17.7 Å². The smallest absolute Gasteiger partial charge is 0.256 e. The lowest BCUT2D eigenvalue weighted by molar-refractivity contribution is 0.0933. The van der Waals surface area contributed by atoms with Gasteiger partial charge in [0.2, 0.25) is 0 Å². The topological polar surface area (TPSA) is 71.8 Å². The molecule has 8 heteroatoms. The Kier molecular flexibility index (Phi) is 4.82. The van der Waals surface area contributed by atoms with Gasteiger partial charge in [0.15, 0.2) is 5.82 Å². The summed E-state index contributed by atoms with van der Waals surface area (Å²) in [5, 5.41) is 14.6. The summed E-state index contributed by atoms with van der Waals surface area (Å²) in [5.74, 6) is 0.347. The molecule has 1 aliphatic heterocycles. The fraction of sp³-hybridized carbons (Fsp3) is 0.438. The van der Waals surface area contributed by atoms with Gasteiger partial charge in [-0.2, -0.15) is 0 Å². The Hall–Kier alpha value is -1.99. The molecule has 1 aromatic heterocycles. The second kappa shape index (κ2) is 6.86. The van der Waals surface area contributed by atoms with Crippen LogP contribution in [0.15, 0.2) is 12.1 Å². The zero-order valence-corrected chi connectivity index (χ0v) is 14.3. The van der Waals surface area contributed by atoms with Gasteiger partial charge in [-0.05, 0) is 25.5 Å². The molecule has 0 radical (unpaired) electrons. The molecule has 2 heterocycles. The van der Waals surface area contributed by atoms with E-state index in [1.54, 1.807) is 19.9 Å². The van der Waals surface area contributed by atoms with Crippen LogP contribution in [-0.2, 0) is 13.0 Å². The van der Waals surface area contributed by atoms with Gasteiger partial charge in [0.05, 0.1) is 16.6 Å². The highest BCUT2D eigenvalue weighted by atomic mass is 35.5. The number of fused-ring (bicyclic) bond motifs is 1. The quantitative estimate of drug-likeness (QED) is 0.887. The van der Waals surface area contributed by atoms with E-state index >= 15 is 0 Å². The van der Waals surface area contributed by atoms with E-state index in [4.69, 9.17) is 11.6 Å². The molecule has 2 aromatic rings. The standard InChI is InChI=1S/C16H19ClFN5O/c1-9-3-4-11(18)13(14(9)17)16(24)20-10(2)15-22-21-12-5-6-19-7-8-23(12)15/h3-4,10,19H,5-8H2,1-2H3,(H,20,24)/t10-/m1/s1. The molecule has 1 aromatic carbocycles. The van der Waals surface area contributed by atoms with Crippen LogP contribution in [0.25, 0.3) is 0 Å². The highest BCUT2D eigenvalue weighted by Gasteiger charge is 2.23. The van der Waals surface area contributed by atoms with E-state index in [9.17, 15) is 9.18 Å². The summed E-state index contributed by atoms with van der Waals surface area (Å²) in [7, 11) is 0. The second-order valence-electron chi connectivity index (χ2n) is 5.87. The Bertz CT molecular complexity index is 776. The zero-order chi connectivity index (χ0) is 17.3. The summed E-state index contributed by atoms with van der Waals surface area (Å²) >= 11 is 6.10. The summed E-state index contributed by atoms with van der Waals surface area (Å²) in [5.41, 5.74) is 0.513. The number of benzene rings is 1. The van der Waals surface area contributed by atoms with Crippen molar-refractivity contribution in [1.29, 1.82) is 0 Å². The van der Waals surface area contributed by atoms with Gasteiger partial charge in [0.1, 0.15) is 11.6 Å². The van der Waals surface area contributed by atoms with Crippen molar-refractivity contribution in [2.75, 3.05) is 13.1 Å². The average molecular weight is 352 g/mol. The lowest BCUT2D eigenvalue weighted by Crippen LogP contribution is -2.30. The number of carbonyl (C=O) groups is 1. The molecule has 2 N–H and O–H groups in total. The number of amides is 1. The van der Waals surface area contributed by atoms with Crippen molar-refractivity contribution in [3.63, 3.8) is 0 Å². The van der Waals surface area contributed by atoms with Crippen molar-refractivity contribution in [3.05, 3.63) is 45.7 Å². The number of rotatable bonds is 3. The maximum atomic E-state index is 14.0. The SMILES string of the molecule is Cc1ccc(F)c(C(=O)N[C@H](C)c2nnc3n2CCNCC3)c1Cl. The molecule has 128 valence electrons. The molecule has 1 aliphatic rings. The Morgan fingerprint density at radius 3 is 3.00 bits per heavy atom. The minimum Gasteiger partial charge on any atom is -0.342 e. The van der Waals surface area contributed by atoms with E-state index in [0.29, 0.717) is 11.4 Å². The molecule has 6 nitrogen and oxygen atoms in total. The first-order valence-corrected chi connectivity index (χ1v) is 8.25. The molecule has 0 bridgehead atoms. The maximum Gasteiger partial charge on any atom is 0.256 e. The zero-order valence-electron chi connectivity index (χ0n) is 13.6. The molecule has 0 saturated heterocycles. The number of aromatic nitrogens is 3. The first kappa shape index (κ1) is 16.9. The van der Waals surface area contributed by atoms with Gasteiger partial charge in [-0.15, -0.1) is 10.2 Å². The Morgan fingerprint density at radius 1 is 1.42 bits per heavy atom. The molecule has 0 unspecified atom stereocenters. The van der Waals surface area contributed by atoms with E-state index in [0.717, 1.165) is 31.9 Å². The first-order chi connectivity index (χ1) is 11.5. The van der Waals surface area contributed by atoms with Crippen molar-refractivity contribution < 1.29 is 9.18 Å². The second-order valence-corrected chi connectivity index (χ2v) is 6.25. The minimum atomic E-state index is -0.639. The van der Waals surface area contributed by atoms with Crippen LogP contribution in [0, 0.1) is 12.7 Å². The summed E-state index contributed by atoms with van der Waals surface area (Å²) in [6, 6.07) is 2.38. The maximum absolute atomic E-state index is 14.0. The molecule has 24 heavy (non-hydrogen) atoms. The third kappa shape index (κ3) is 3.14. The van der Waals surface area contributed by atoms with E-state index in [1.807, 2.05) is 4.57 Å². The van der Waals surface area contributed by atoms with Gasteiger partial charge in [0.25, 0.3) is 5.91 Å². The summed E-state index contributed by atoms with van der Waals surface area (Å²) in [6.07, 6.45) is 0.784. The number of nitrogens with zero attached hydrogens (tertiary/aromatic N) is 3. The van der Waals surface area contributed by atoms with Crippen molar-refractivity contribution in [2.45, 2.75) is 32.9 Å². The molecule has 0 aliphatic carbocycles. The van der Waals surface area contributed by atoms with E-state index in [2.05, 4.69) is 20.8 Å². The van der Waals surface area contributed by atoms with Crippen LogP contribution in [0.1, 0.15) is 40.5 Å². The third-order valence-electron chi connectivity index (χ3n) is 4.14. The largest absolute Gasteiger partial charge is 0.342 e. The van der Waals surface area contributed by atoms with Gasteiger partial charge in [-0.25, -0.2) is 4.39 Å². The van der Waals surface area contributed by atoms with Gasteiger partial charge < -0.3 is 15.2 Å². The highest BCUT2D eigenvalue weighted by Crippen LogP contribution is 2.24. The number of aryl methyl sites for hydroxylation is 1. The average Bonchev–Trinajstić information content (AvgIpc) is 2.80. The van der Waals surface area contributed by atoms with Gasteiger partial charge in [0, 0.05) is 26.1 Å². The summed E-state index contributed by atoms with van der Waals surface area (Å²) in [4.78, 5) is 12.5. The molecular formula is C16H19ClFN5O. The molecular weight excluding hydrogens is 333 g/mol. The number of halogens is 2. The normalized spacial score (nSPS) is 15.5. The fourth-order valence-corrected chi connectivity index (χ4v) is 3.05. The molecule has 1 atom stereocenters. The lowest BCUT2D eigenvalue weighted by atomic mass is 10.1. The third-order valence-corrected chi connectivity index (χ3v) is 4.63. The van der Waals surface area contributed by atoms with Crippen molar-refractivity contribution in [2.24, 2.45) is 0 Å². The van der Waals surface area contributed by atoms with E-state index in [-0.39, 0.29) is 10.6 Å². The van der Waals surface area contributed by atoms with Crippen LogP contribution in [0.5, 0.6) is 0 Å². The minimum absolute atomic E-state index is 0.129. The van der Waals surface area contributed by atoms with Gasteiger partial charge in [-0.3, -0.25) is 4.79 Å². The number of nitrogens with one attached hydrogen (secondary N) is 2. The number of carbonyl (C=O) groups excluding carboxylic acids is 1. The summed E-state index contributed by atoms with van der Waals surface area (Å²) in [6.45, 7) is 5.93. The predicted octanol–water partition coefficient (Wildman–Crippen LogP) is 2.02. The van der Waals surface area contributed by atoms with Gasteiger partial charge >= 0.3 is 0 Å².